The molecule has 2 N–H and O–H groups in total. The summed E-state index contributed by atoms with van der Waals surface area (Å²) in [5.74, 6) is -1.17. The average Bonchev–Trinajstić information content (AvgIpc) is 2.83. The minimum atomic E-state index is -3.89. The first kappa shape index (κ1) is 15.6. The van der Waals surface area contributed by atoms with Gasteiger partial charge in [-0.05, 0) is 13.3 Å². The Hall–Kier alpha value is -1.41. The van der Waals surface area contributed by atoms with Crippen LogP contribution in [0.5, 0.6) is 0 Å². The van der Waals surface area contributed by atoms with E-state index in [1.807, 2.05) is 13.8 Å². The van der Waals surface area contributed by atoms with Crippen molar-refractivity contribution < 1.29 is 18.3 Å². The van der Waals surface area contributed by atoms with E-state index >= 15 is 0 Å². The van der Waals surface area contributed by atoms with Crippen LogP contribution in [0, 0.1) is 0 Å². The minimum Gasteiger partial charge on any atom is -0.480 e. The van der Waals surface area contributed by atoms with Crippen molar-refractivity contribution >= 4 is 16.0 Å². The first-order valence-corrected chi connectivity index (χ1v) is 7.66. The third-order valence-corrected chi connectivity index (χ3v) is 4.05. The maximum Gasteiger partial charge on any atom is 0.321 e. The van der Waals surface area contributed by atoms with Crippen molar-refractivity contribution in [3.63, 3.8) is 0 Å². The molecule has 0 spiro atoms. The molecule has 0 radical (unpaired) electrons. The quantitative estimate of drug-likeness (QED) is 0.738. The van der Waals surface area contributed by atoms with Crippen LogP contribution in [0.4, 0.5) is 0 Å². The SMILES string of the molecule is CCCC[C@H](NS(=O)(=O)c1cn(CC)cn1)C(=O)O. The summed E-state index contributed by atoms with van der Waals surface area (Å²) >= 11 is 0. The van der Waals surface area contributed by atoms with Gasteiger partial charge in [0.2, 0.25) is 0 Å². The molecule has 0 aromatic carbocycles. The van der Waals surface area contributed by atoms with E-state index in [1.165, 1.54) is 12.5 Å². The molecule has 0 saturated heterocycles. The number of aromatic nitrogens is 2. The zero-order valence-electron chi connectivity index (χ0n) is 11.0. The Morgan fingerprint density at radius 2 is 2.21 bits per heavy atom. The van der Waals surface area contributed by atoms with Gasteiger partial charge in [-0.3, -0.25) is 4.79 Å². The van der Waals surface area contributed by atoms with Gasteiger partial charge in [-0.15, -0.1) is 0 Å². The molecule has 0 unspecified atom stereocenters. The fourth-order valence-corrected chi connectivity index (χ4v) is 2.71. The van der Waals surface area contributed by atoms with Gasteiger partial charge in [0.25, 0.3) is 10.0 Å². The van der Waals surface area contributed by atoms with Crippen molar-refractivity contribution in [2.75, 3.05) is 0 Å². The van der Waals surface area contributed by atoms with Crippen LogP contribution in [0.2, 0.25) is 0 Å². The van der Waals surface area contributed by atoms with Gasteiger partial charge < -0.3 is 9.67 Å². The standard InChI is InChI=1S/C11H19N3O4S/c1-3-5-6-9(11(15)16)13-19(17,18)10-7-14(4-2)8-12-10/h7-9,13H,3-6H2,1-2H3,(H,15,16)/t9-/m0/s1. The molecule has 1 aromatic rings. The predicted molar refractivity (Wildman–Crippen MR) is 69.2 cm³/mol. The Labute approximate surface area is 112 Å². The molecule has 7 nitrogen and oxygen atoms in total. The zero-order chi connectivity index (χ0) is 14.5. The van der Waals surface area contributed by atoms with Crippen molar-refractivity contribution in [2.24, 2.45) is 0 Å². The third-order valence-electron chi connectivity index (χ3n) is 2.69. The predicted octanol–water partition coefficient (Wildman–Crippen LogP) is 0.825. The molecule has 0 aliphatic rings. The summed E-state index contributed by atoms with van der Waals surface area (Å²) in [6.45, 7) is 4.36. The largest absolute Gasteiger partial charge is 0.480 e. The van der Waals surface area contributed by atoms with Crippen LogP contribution in [0.15, 0.2) is 17.6 Å². The van der Waals surface area contributed by atoms with E-state index in [4.69, 9.17) is 5.11 Å². The highest BCUT2D eigenvalue weighted by Gasteiger charge is 2.26. The fraction of sp³-hybridized carbons (Fsp3) is 0.636. The number of carboxylic acids is 1. The van der Waals surface area contributed by atoms with Crippen LogP contribution in [0.3, 0.4) is 0 Å². The molecule has 1 atom stereocenters. The summed E-state index contributed by atoms with van der Waals surface area (Å²) in [7, 11) is -3.89. The maximum absolute atomic E-state index is 12.0. The van der Waals surface area contributed by atoms with Crippen LogP contribution in [0.25, 0.3) is 0 Å². The van der Waals surface area contributed by atoms with Crippen LogP contribution >= 0.6 is 0 Å². The van der Waals surface area contributed by atoms with E-state index in [1.54, 1.807) is 4.57 Å². The van der Waals surface area contributed by atoms with E-state index in [9.17, 15) is 13.2 Å². The molecule has 0 aliphatic carbocycles. The molecule has 8 heteroatoms. The lowest BCUT2D eigenvalue weighted by atomic mass is 10.1. The Kier molecular flexibility index (Phi) is 5.49. The number of rotatable bonds is 8. The molecule has 0 amide bonds. The number of unbranched alkanes of at least 4 members (excludes halogenated alkanes) is 1. The molecule has 0 fully saturated rings. The Bertz CT molecular complexity index is 524. The first-order chi connectivity index (χ1) is 8.90. The van der Waals surface area contributed by atoms with Crippen molar-refractivity contribution in [1.29, 1.82) is 0 Å². The monoisotopic (exact) mass is 289 g/mol. The van der Waals surface area contributed by atoms with Gasteiger partial charge in [-0.1, -0.05) is 19.8 Å². The summed E-state index contributed by atoms with van der Waals surface area (Å²) in [6, 6.07) is -1.11. The number of hydrogen-bond donors (Lipinski definition) is 2. The first-order valence-electron chi connectivity index (χ1n) is 6.17. The lowest BCUT2D eigenvalue weighted by Gasteiger charge is -2.13. The van der Waals surface area contributed by atoms with Gasteiger partial charge in [0.1, 0.15) is 6.04 Å². The van der Waals surface area contributed by atoms with Gasteiger partial charge in [0.15, 0.2) is 5.03 Å². The number of aliphatic carboxylic acids is 1. The van der Waals surface area contributed by atoms with E-state index in [-0.39, 0.29) is 11.4 Å². The number of sulfonamides is 1. The Balaban J connectivity index is 2.84. The summed E-state index contributed by atoms with van der Waals surface area (Å²) in [4.78, 5) is 14.8. The average molecular weight is 289 g/mol. The van der Waals surface area contributed by atoms with Gasteiger partial charge in [-0.25, -0.2) is 13.4 Å². The minimum absolute atomic E-state index is 0.155. The molecule has 1 aromatic heterocycles. The summed E-state index contributed by atoms with van der Waals surface area (Å²) in [5.41, 5.74) is 0. The molecule has 1 heterocycles. The van der Waals surface area contributed by atoms with Gasteiger partial charge in [-0.2, -0.15) is 4.72 Å². The van der Waals surface area contributed by atoms with Gasteiger partial charge >= 0.3 is 5.97 Å². The highest BCUT2D eigenvalue weighted by Crippen LogP contribution is 2.09. The maximum atomic E-state index is 12.0. The van der Waals surface area contributed by atoms with E-state index < -0.39 is 22.0 Å². The number of carboxylic acid groups (broad SMARTS) is 1. The second-order valence-corrected chi connectivity index (χ2v) is 5.86. The van der Waals surface area contributed by atoms with Crippen LogP contribution < -0.4 is 4.72 Å². The highest BCUT2D eigenvalue weighted by molar-refractivity contribution is 7.89. The number of hydrogen-bond acceptors (Lipinski definition) is 4. The lowest BCUT2D eigenvalue weighted by molar-refractivity contribution is -0.139. The summed E-state index contributed by atoms with van der Waals surface area (Å²) in [5, 5.41) is 8.85. The van der Waals surface area contributed by atoms with E-state index in [0.29, 0.717) is 13.0 Å². The second kappa shape index (κ2) is 6.67. The topological polar surface area (TPSA) is 101 Å². The van der Waals surface area contributed by atoms with Crippen LogP contribution in [0.1, 0.15) is 33.1 Å². The molecule has 0 aliphatic heterocycles. The molecule has 19 heavy (non-hydrogen) atoms. The molecule has 1 rings (SSSR count). The van der Waals surface area contributed by atoms with Gasteiger partial charge in [0.05, 0.1) is 6.33 Å². The van der Waals surface area contributed by atoms with Crippen molar-refractivity contribution in [3.05, 3.63) is 12.5 Å². The van der Waals surface area contributed by atoms with Crippen molar-refractivity contribution in [2.45, 2.75) is 50.7 Å². The normalized spacial score (nSPS) is 13.4. The highest BCUT2D eigenvalue weighted by atomic mass is 32.2. The number of imidazole rings is 1. The molecule has 108 valence electrons. The van der Waals surface area contributed by atoms with Crippen molar-refractivity contribution in [3.8, 4) is 0 Å². The summed E-state index contributed by atoms with van der Waals surface area (Å²) in [6.07, 6.45) is 4.48. The molecule has 0 saturated carbocycles. The third kappa shape index (κ3) is 4.32. The number of aryl methyl sites for hydroxylation is 1. The van der Waals surface area contributed by atoms with E-state index in [0.717, 1.165) is 6.42 Å². The number of carbonyl (C=O) groups is 1. The number of nitrogens with zero attached hydrogens (tertiary/aromatic N) is 2. The smallest absolute Gasteiger partial charge is 0.321 e. The summed E-state index contributed by atoms with van der Waals surface area (Å²) < 4.78 is 27.8. The van der Waals surface area contributed by atoms with E-state index in [2.05, 4.69) is 9.71 Å². The lowest BCUT2D eigenvalue weighted by Crippen LogP contribution is -2.40. The van der Waals surface area contributed by atoms with Crippen LogP contribution in [-0.4, -0.2) is 35.1 Å². The van der Waals surface area contributed by atoms with Crippen LogP contribution in [-0.2, 0) is 21.4 Å². The van der Waals surface area contributed by atoms with Crippen molar-refractivity contribution in [1.82, 2.24) is 14.3 Å². The Morgan fingerprint density at radius 3 is 2.68 bits per heavy atom. The molecular formula is C11H19N3O4S. The Morgan fingerprint density at radius 1 is 1.53 bits per heavy atom. The molecule has 0 bridgehead atoms. The zero-order valence-corrected chi connectivity index (χ0v) is 11.9. The number of nitrogens with one attached hydrogen (secondary N) is 1. The molecular weight excluding hydrogens is 270 g/mol. The fourth-order valence-electron chi connectivity index (χ4n) is 1.54. The van der Waals surface area contributed by atoms with Gasteiger partial charge in [0, 0.05) is 12.7 Å². The second-order valence-electron chi connectivity index (χ2n) is 4.20.